The standard InChI is InChI=1S/C15H21N3O3/c1-10-2-4-11(5-3-10)9-17-15(19)12-6-7-14(18(20)21)13(16)8-12/h6-8,10-11H,2-5,9,16H2,1H3,(H,17,19). The third-order valence-electron chi connectivity index (χ3n) is 4.17. The number of hydrogen-bond donors (Lipinski definition) is 2. The van der Waals surface area contributed by atoms with Crippen molar-refractivity contribution < 1.29 is 9.72 Å². The Hall–Kier alpha value is -2.11. The molecule has 0 saturated heterocycles. The summed E-state index contributed by atoms with van der Waals surface area (Å²) in [7, 11) is 0. The monoisotopic (exact) mass is 291 g/mol. The van der Waals surface area contributed by atoms with Gasteiger partial charge in [0.1, 0.15) is 5.69 Å². The van der Waals surface area contributed by atoms with E-state index in [9.17, 15) is 14.9 Å². The topological polar surface area (TPSA) is 98.3 Å². The number of rotatable bonds is 4. The van der Waals surface area contributed by atoms with Crippen LogP contribution in [0.25, 0.3) is 0 Å². The highest BCUT2D eigenvalue weighted by molar-refractivity contribution is 5.95. The molecule has 1 fully saturated rings. The van der Waals surface area contributed by atoms with E-state index in [1.165, 1.54) is 31.0 Å². The summed E-state index contributed by atoms with van der Waals surface area (Å²) in [5.41, 5.74) is 5.80. The SMILES string of the molecule is CC1CCC(CNC(=O)c2ccc([N+](=O)[O-])c(N)c2)CC1. The van der Waals surface area contributed by atoms with Crippen LogP contribution in [0.1, 0.15) is 43.0 Å². The Morgan fingerprint density at radius 1 is 1.38 bits per heavy atom. The molecule has 0 unspecified atom stereocenters. The molecule has 1 aliphatic carbocycles. The molecule has 0 aliphatic heterocycles. The van der Waals surface area contributed by atoms with E-state index in [-0.39, 0.29) is 17.3 Å². The second kappa shape index (κ2) is 6.56. The van der Waals surface area contributed by atoms with E-state index in [4.69, 9.17) is 5.73 Å². The summed E-state index contributed by atoms with van der Waals surface area (Å²) in [6.07, 6.45) is 4.71. The summed E-state index contributed by atoms with van der Waals surface area (Å²) < 4.78 is 0. The third kappa shape index (κ3) is 3.93. The van der Waals surface area contributed by atoms with Gasteiger partial charge in [0.2, 0.25) is 0 Å². The van der Waals surface area contributed by atoms with Crippen LogP contribution in [0.15, 0.2) is 18.2 Å². The number of nitrogens with one attached hydrogen (secondary N) is 1. The number of carbonyl (C=O) groups is 1. The van der Waals surface area contributed by atoms with Crippen molar-refractivity contribution in [3.8, 4) is 0 Å². The zero-order chi connectivity index (χ0) is 15.4. The van der Waals surface area contributed by atoms with E-state index in [1.807, 2.05) is 0 Å². The van der Waals surface area contributed by atoms with Gasteiger partial charge in [0, 0.05) is 18.2 Å². The number of nitrogens with zero attached hydrogens (tertiary/aromatic N) is 1. The molecule has 0 spiro atoms. The molecule has 1 aromatic rings. The molecular weight excluding hydrogens is 270 g/mol. The smallest absolute Gasteiger partial charge is 0.292 e. The van der Waals surface area contributed by atoms with Gasteiger partial charge in [0.15, 0.2) is 0 Å². The Morgan fingerprint density at radius 3 is 2.62 bits per heavy atom. The predicted octanol–water partition coefficient (Wildman–Crippen LogP) is 2.73. The normalized spacial score (nSPS) is 21.8. The van der Waals surface area contributed by atoms with Crippen molar-refractivity contribution in [2.24, 2.45) is 11.8 Å². The van der Waals surface area contributed by atoms with Crippen LogP contribution in [0, 0.1) is 22.0 Å². The summed E-state index contributed by atoms with van der Waals surface area (Å²) in [5, 5.41) is 13.6. The maximum atomic E-state index is 12.0. The second-order valence-electron chi connectivity index (χ2n) is 5.87. The van der Waals surface area contributed by atoms with Crippen molar-refractivity contribution in [3.05, 3.63) is 33.9 Å². The Balaban J connectivity index is 1.91. The first-order valence-electron chi connectivity index (χ1n) is 7.29. The molecule has 114 valence electrons. The van der Waals surface area contributed by atoms with Crippen molar-refractivity contribution in [1.29, 1.82) is 0 Å². The lowest BCUT2D eigenvalue weighted by Gasteiger charge is -2.26. The zero-order valence-corrected chi connectivity index (χ0v) is 12.2. The van der Waals surface area contributed by atoms with Crippen LogP contribution in [0.5, 0.6) is 0 Å². The van der Waals surface area contributed by atoms with E-state index in [0.29, 0.717) is 18.0 Å². The summed E-state index contributed by atoms with van der Waals surface area (Å²) in [6, 6.07) is 4.07. The third-order valence-corrected chi connectivity index (χ3v) is 4.17. The Labute approximate surface area is 123 Å². The average molecular weight is 291 g/mol. The highest BCUT2D eigenvalue weighted by atomic mass is 16.6. The van der Waals surface area contributed by atoms with Crippen molar-refractivity contribution in [2.45, 2.75) is 32.6 Å². The van der Waals surface area contributed by atoms with Crippen LogP contribution in [0.3, 0.4) is 0 Å². The maximum absolute atomic E-state index is 12.0. The predicted molar refractivity (Wildman–Crippen MR) is 81.0 cm³/mol. The van der Waals surface area contributed by atoms with Gasteiger partial charge < -0.3 is 11.1 Å². The molecule has 0 heterocycles. The van der Waals surface area contributed by atoms with Gasteiger partial charge >= 0.3 is 0 Å². The number of benzene rings is 1. The summed E-state index contributed by atoms with van der Waals surface area (Å²) in [4.78, 5) is 22.2. The van der Waals surface area contributed by atoms with Crippen LogP contribution in [0.4, 0.5) is 11.4 Å². The summed E-state index contributed by atoms with van der Waals surface area (Å²) in [5.74, 6) is 1.09. The maximum Gasteiger partial charge on any atom is 0.292 e. The van der Waals surface area contributed by atoms with Gasteiger partial charge in [-0.15, -0.1) is 0 Å². The van der Waals surface area contributed by atoms with Gasteiger partial charge in [-0.3, -0.25) is 14.9 Å². The lowest BCUT2D eigenvalue weighted by Crippen LogP contribution is -2.31. The number of nitro groups is 1. The van der Waals surface area contributed by atoms with E-state index >= 15 is 0 Å². The minimum absolute atomic E-state index is 0.0131. The van der Waals surface area contributed by atoms with Gasteiger partial charge in [0.25, 0.3) is 11.6 Å². The van der Waals surface area contributed by atoms with Crippen LogP contribution in [-0.2, 0) is 0 Å². The van der Waals surface area contributed by atoms with E-state index in [1.54, 1.807) is 0 Å². The largest absolute Gasteiger partial charge is 0.393 e. The number of nitrogen functional groups attached to an aromatic ring is 1. The number of hydrogen-bond acceptors (Lipinski definition) is 4. The van der Waals surface area contributed by atoms with Gasteiger partial charge in [-0.2, -0.15) is 0 Å². The Kier molecular flexibility index (Phi) is 4.77. The van der Waals surface area contributed by atoms with Gasteiger partial charge in [-0.1, -0.05) is 19.8 Å². The highest BCUT2D eigenvalue weighted by Gasteiger charge is 2.19. The fourth-order valence-electron chi connectivity index (χ4n) is 2.73. The average Bonchev–Trinajstić information content (AvgIpc) is 2.45. The molecule has 1 saturated carbocycles. The van der Waals surface area contributed by atoms with Gasteiger partial charge in [0.05, 0.1) is 4.92 Å². The zero-order valence-electron chi connectivity index (χ0n) is 12.2. The highest BCUT2D eigenvalue weighted by Crippen LogP contribution is 2.28. The number of amides is 1. The molecule has 1 aromatic carbocycles. The van der Waals surface area contributed by atoms with Crippen LogP contribution in [0.2, 0.25) is 0 Å². The summed E-state index contributed by atoms with van der Waals surface area (Å²) >= 11 is 0. The molecule has 6 heteroatoms. The van der Waals surface area contributed by atoms with E-state index in [0.717, 1.165) is 18.8 Å². The van der Waals surface area contributed by atoms with Gasteiger partial charge in [-0.25, -0.2) is 0 Å². The minimum Gasteiger partial charge on any atom is -0.393 e. The van der Waals surface area contributed by atoms with Crippen molar-refractivity contribution in [3.63, 3.8) is 0 Å². The molecule has 6 nitrogen and oxygen atoms in total. The Morgan fingerprint density at radius 2 is 2.05 bits per heavy atom. The van der Waals surface area contributed by atoms with E-state index in [2.05, 4.69) is 12.2 Å². The van der Waals surface area contributed by atoms with Crippen molar-refractivity contribution >= 4 is 17.3 Å². The fraction of sp³-hybridized carbons (Fsp3) is 0.533. The molecule has 0 atom stereocenters. The lowest BCUT2D eigenvalue weighted by molar-refractivity contribution is -0.383. The molecular formula is C15H21N3O3. The molecule has 1 amide bonds. The number of nitro benzene ring substituents is 1. The quantitative estimate of drug-likeness (QED) is 0.506. The van der Waals surface area contributed by atoms with Crippen molar-refractivity contribution in [2.75, 3.05) is 12.3 Å². The first-order valence-corrected chi connectivity index (χ1v) is 7.29. The molecule has 3 N–H and O–H groups in total. The molecule has 0 aromatic heterocycles. The van der Waals surface area contributed by atoms with E-state index < -0.39 is 4.92 Å². The second-order valence-corrected chi connectivity index (χ2v) is 5.87. The first-order chi connectivity index (χ1) is 9.97. The fourth-order valence-corrected chi connectivity index (χ4v) is 2.73. The molecule has 0 bridgehead atoms. The number of nitrogens with two attached hydrogens (primary N) is 1. The first kappa shape index (κ1) is 15.3. The van der Waals surface area contributed by atoms with Gasteiger partial charge in [-0.05, 0) is 36.8 Å². The minimum atomic E-state index is -0.555. The lowest BCUT2D eigenvalue weighted by atomic mass is 9.83. The van der Waals surface area contributed by atoms with Crippen molar-refractivity contribution in [1.82, 2.24) is 5.32 Å². The summed E-state index contributed by atoms with van der Waals surface area (Å²) in [6.45, 7) is 2.91. The van der Waals surface area contributed by atoms with Crippen LogP contribution < -0.4 is 11.1 Å². The molecule has 2 rings (SSSR count). The molecule has 21 heavy (non-hydrogen) atoms. The number of anilines is 1. The van der Waals surface area contributed by atoms with Crippen LogP contribution >= 0.6 is 0 Å². The molecule has 0 radical (unpaired) electrons. The molecule has 1 aliphatic rings. The number of carbonyl (C=O) groups excluding carboxylic acids is 1. The van der Waals surface area contributed by atoms with Crippen LogP contribution in [-0.4, -0.2) is 17.4 Å². The Bertz CT molecular complexity index is 537.